The Hall–Kier alpha value is -1.93. The Bertz CT molecular complexity index is 875. The van der Waals surface area contributed by atoms with Gasteiger partial charge in [0.05, 0.1) is 24.1 Å². The van der Waals surface area contributed by atoms with Crippen LogP contribution in [0.5, 0.6) is 5.75 Å². The van der Waals surface area contributed by atoms with Gasteiger partial charge in [-0.1, -0.05) is 12.1 Å². The lowest BCUT2D eigenvalue weighted by molar-refractivity contribution is 0.254. The molecule has 2 aromatic carbocycles. The van der Waals surface area contributed by atoms with Crippen LogP contribution in [-0.4, -0.2) is 21.3 Å². The molecule has 0 saturated carbocycles. The van der Waals surface area contributed by atoms with Gasteiger partial charge in [0, 0.05) is 3.57 Å². The van der Waals surface area contributed by atoms with Crippen LogP contribution >= 0.6 is 22.6 Å². The van der Waals surface area contributed by atoms with Gasteiger partial charge in [-0.05, 0) is 59.0 Å². The van der Waals surface area contributed by atoms with E-state index >= 15 is 0 Å². The van der Waals surface area contributed by atoms with Gasteiger partial charge in [0.2, 0.25) is 0 Å². The maximum Gasteiger partial charge on any atom is 0.261 e. The van der Waals surface area contributed by atoms with Gasteiger partial charge in [-0.25, -0.2) is 4.98 Å². The summed E-state index contributed by atoms with van der Waals surface area (Å²) in [5.41, 5.74) is 0.471. The second-order valence-electron chi connectivity index (χ2n) is 4.97. The molecule has 0 atom stereocenters. The fourth-order valence-electron chi connectivity index (χ4n) is 2.33. The topological polar surface area (TPSA) is 64.3 Å². The number of para-hydroxylation sites is 1. The molecular weight excluding hydrogens is 407 g/mol. The van der Waals surface area contributed by atoms with E-state index in [1.54, 1.807) is 18.2 Å². The molecule has 6 heteroatoms. The minimum atomic E-state index is -0.161. The quantitative estimate of drug-likeness (QED) is 0.643. The lowest BCUT2D eigenvalue weighted by atomic mass is 10.2. The van der Waals surface area contributed by atoms with Crippen LogP contribution in [0.15, 0.2) is 53.3 Å². The van der Waals surface area contributed by atoms with Gasteiger partial charge in [0.1, 0.15) is 18.2 Å². The van der Waals surface area contributed by atoms with Crippen molar-refractivity contribution in [1.29, 1.82) is 0 Å². The van der Waals surface area contributed by atoms with Crippen molar-refractivity contribution < 1.29 is 9.84 Å². The monoisotopic (exact) mass is 422 g/mol. The first-order valence-electron chi connectivity index (χ1n) is 7.17. The molecule has 0 spiro atoms. The molecule has 1 aromatic heterocycles. The Morgan fingerprint density at radius 1 is 1.13 bits per heavy atom. The summed E-state index contributed by atoms with van der Waals surface area (Å²) in [6, 6.07) is 14.8. The Labute approximate surface area is 146 Å². The zero-order chi connectivity index (χ0) is 16.2. The Kier molecular flexibility index (Phi) is 4.92. The van der Waals surface area contributed by atoms with Crippen LogP contribution in [-0.2, 0) is 13.2 Å². The Morgan fingerprint density at radius 3 is 2.61 bits per heavy atom. The molecule has 118 valence electrons. The van der Waals surface area contributed by atoms with Crippen LogP contribution in [0.1, 0.15) is 5.82 Å². The molecule has 1 N–H and O–H groups in total. The van der Waals surface area contributed by atoms with Crippen molar-refractivity contribution in [3.8, 4) is 5.75 Å². The van der Waals surface area contributed by atoms with Crippen molar-refractivity contribution >= 4 is 33.5 Å². The lowest BCUT2D eigenvalue weighted by Crippen LogP contribution is -2.27. The molecule has 0 aliphatic rings. The molecule has 1 heterocycles. The molecular formula is C17H15IN2O3. The van der Waals surface area contributed by atoms with Gasteiger partial charge in [-0.3, -0.25) is 9.36 Å². The average molecular weight is 422 g/mol. The van der Waals surface area contributed by atoms with Crippen molar-refractivity contribution in [2.24, 2.45) is 0 Å². The van der Waals surface area contributed by atoms with E-state index < -0.39 is 0 Å². The molecule has 23 heavy (non-hydrogen) atoms. The standard InChI is InChI=1S/C17H15IN2O3/c18-12-5-7-13(8-6-12)23-11-16-19-15-4-2-1-3-14(15)17(22)20(16)9-10-21/h1-8,21H,9-11H2. The van der Waals surface area contributed by atoms with E-state index in [4.69, 9.17) is 4.74 Å². The van der Waals surface area contributed by atoms with Crippen LogP contribution in [0, 0.1) is 3.57 Å². The predicted molar refractivity (Wildman–Crippen MR) is 96.6 cm³/mol. The summed E-state index contributed by atoms with van der Waals surface area (Å²) in [6.07, 6.45) is 0. The van der Waals surface area contributed by atoms with Crippen LogP contribution in [0.3, 0.4) is 0 Å². The Balaban J connectivity index is 1.96. The van der Waals surface area contributed by atoms with Gasteiger partial charge >= 0.3 is 0 Å². The normalized spacial score (nSPS) is 10.9. The van der Waals surface area contributed by atoms with E-state index in [1.807, 2.05) is 30.3 Å². The molecule has 3 aromatic rings. The zero-order valence-corrected chi connectivity index (χ0v) is 14.4. The van der Waals surface area contributed by atoms with Crippen LogP contribution < -0.4 is 10.3 Å². The van der Waals surface area contributed by atoms with Crippen LogP contribution in [0.25, 0.3) is 10.9 Å². The SMILES string of the molecule is O=c1c2ccccc2nc(COc2ccc(I)cc2)n1CCO. The molecule has 3 rings (SSSR count). The number of hydrogen-bond acceptors (Lipinski definition) is 4. The highest BCUT2D eigenvalue weighted by Gasteiger charge is 2.11. The third-order valence-corrected chi connectivity index (χ3v) is 4.17. The number of ether oxygens (including phenoxy) is 1. The number of fused-ring (bicyclic) bond motifs is 1. The average Bonchev–Trinajstić information content (AvgIpc) is 2.57. The van der Waals surface area contributed by atoms with E-state index in [0.29, 0.717) is 22.5 Å². The van der Waals surface area contributed by atoms with E-state index in [-0.39, 0.29) is 25.3 Å². The van der Waals surface area contributed by atoms with Crippen molar-refractivity contribution in [3.05, 3.63) is 68.3 Å². The van der Waals surface area contributed by atoms with Gasteiger partial charge in [0.25, 0.3) is 5.56 Å². The highest BCUT2D eigenvalue weighted by molar-refractivity contribution is 14.1. The summed E-state index contributed by atoms with van der Waals surface area (Å²) < 4.78 is 8.32. The number of aliphatic hydroxyl groups excluding tert-OH is 1. The number of nitrogens with zero attached hydrogens (tertiary/aromatic N) is 2. The summed E-state index contributed by atoms with van der Waals surface area (Å²) in [5.74, 6) is 1.21. The predicted octanol–water partition coefficient (Wildman–Crippen LogP) is 2.57. The largest absolute Gasteiger partial charge is 0.486 e. The fraction of sp³-hybridized carbons (Fsp3) is 0.176. The molecule has 0 unspecified atom stereocenters. The van der Waals surface area contributed by atoms with Gasteiger partial charge in [-0.2, -0.15) is 0 Å². The van der Waals surface area contributed by atoms with E-state index in [2.05, 4.69) is 27.6 Å². The summed E-state index contributed by atoms with van der Waals surface area (Å²) in [7, 11) is 0. The second kappa shape index (κ2) is 7.10. The second-order valence-corrected chi connectivity index (χ2v) is 6.21. The first kappa shape index (κ1) is 15.9. The zero-order valence-electron chi connectivity index (χ0n) is 12.3. The number of aliphatic hydroxyl groups is 1. The van der Waals surface area contributed by atoms with Crippen molar-refractivity contribution in [2.45, 2.75) is 13.2 Å². The molecule has 0 fully saturated rings. The van der Waals surface area contributed by atoms with E-state index in [0.717, 1.165) is 3.57 Å². The minimum Gasteiger partial charge on any atom is -0.486 e. The van der Waals surface area contributed by atoms with E-state index in [9.17, 15) is 9.90 Å². The summed E-state index contributed by atoms with van der Waals surface area (Å²) in [6.45, 7) is 0.235. The van der Waals surface area contributed by atoms with Gasteiger partial charge < -0.3 is 9.84 Å². The maximum absolute atomic E-state index is 12.6. The van der Waals surface area contributed by atoms with Crippen molar-refractivity contribution in [2.75, 3.05) is 6.61 Å². The number of rotatable bonds is 5. The van der Waals surface area contributed by atoms with Gasteiger partial charge in [-0.15, -0.1) is 0 Å². The first-order chi connectivity index (χ1) is 11.2. The third kappa shape index (κ3) is 3.53. The maximum atomic E-state index is 12.6. The number of aromatic nitrogens is 2. The first-order valence-corrected chi connectivity index (χ1v) is 8.24. The van der Waals surface area contributed by atoms with Crippen LogP contribution in [0.4, 0.5) is 0 Å². The molecule has 0 aliphatic heterocycles. The molecule has 0 radical (unpaired) electrons. The van der Waals surface area contributed by atoms with E-state index in [1.165, 1.54) is 4.57 Å². The molecule has 0 amide bonds. The smallest absolute Gasteiger partial charge is 0.261 e. The highest BCUT2D eigenvalue weighted by Crippen LogP contribution is 2.15. The number of benzene rings is 2. The number of halogens is 1. The minimum absolute atomic E-state index is 0.129. The molecule has 5 nitrogen and oxygen atoms in total. The van der Waals surface area contributed by atoms with Crippen molar-refractivity contribution in [3.63, 3.8) is 0 Å². The molecule has 0 aliphatic carbocycles. The third-order valence-electron chi connectivity index (χ3n) is 3.45. The van der Waals surface area contributed by atoms with Gasteiger partial charge in [0.15, 0.2) is 0 Å². The van der Waals surface area contributed by atoms with Crippen LogP contribution in [0.2, 0.25) is 0 Å². The molecule has 0 saturated heterocycles. The Morgan fingerprint density at radius 2 is 1.87 bits per heavy atom. The fourth-order valence-corrected chi connectivity index (χ4v) is 2.69. The number of hydrogen-bond donors (Lipinski definition) is 1. The summed E-state index contributed by atoms with van der Waals surface area (Å²) in [5, 5.41) is 9.77. The highest BCUT2D eigenvalue weighted by atomic mass is 127. The molecule has 0 bridgehead atoms. The summed E-state index contributed by atoms with van der Waals surface area (Å²) >= 11 is 2.23. The van der Waals surface area contributed by atoms with Crippen molar-refractivity contribution in [1.82, 2.24) is 9.55 Å². The lowest BCUT2D eigenvalue weighted by Gasteiger charge is -2.13. The summed E-state index contributed by atoms with van der Waals surface area (Å²) in [4.78, 5) is 17.1.